The minimum absolute atomic E-state index is 0.00993. The molecule has 0 atom stereocenters. The van der Waals surface area contributed by atoms with Gasteiger partial charge >= 0.3 is 0 Å². The second-order valence-corrected chi connectivity index (χ2v) is 5.44. The first-order valence-electron chi connectivity index (χ1n) is 3.98. The predicted octanol–water partition coefficient (Wildman–Crippen LogP) is 1.05. The van der Waals surface area contributed by atoms with Gasteiger partial charge in [0, 0.05) is 28.5 Å². The van der Waals surface area contributed by atoms with Gasteiger partial charge in [0.15, 0.2) is 0 Å². The Morgan fingerprint density at radius 2 is 2.33 bits per heavy atom. The third-order valence-corrected chi connectivity index (χ3v) is 3.12. The molecule has 0 aliphatic carbocycles. The molecule has 0 N–H and O–H groups in total. The number of rotatable bonds is 2. The van der Waals surface area contributed by atoms with E-state index in [2.05, 4.69) is 13.8 Å². The lowest BCUT2D eigenvalue weighted by atomic mass is 10.2. The molecular weight excluding hydrogens is 176 g/mol. The monoisotopic (exact) mass is 190 g/mol. The number of nitrogens with zero attached hydrogens (tertiary/aromatic N) is 2. The van der Waals surface area contributed by atoms with Crippen LogP contribution in [-0.2, 0) is 0 Å². The fourth-order valence-electron chi connectivity index (χ4n) is 1.40. The van der Waals surface area contributed by atoms with Gasteiger partial charge in [-0.25, -0.2) is 4.90 Å². The molecule has 0 aromatic rings. The Bertz CT molecular complexity index is 184. The topological polar surface area (TPSA) is 46.4 Å². The van der Waals surface area contributed by atoms with Crippen molar-refractivity contribution in [3.05, 3.63) is 10.1 Å². The minimum Gasteiger partial charge on any atom is -0.263 e. The first-order valence-corrected chi connectivity index (χ1v) is 4.96. The highest BCUT2D eigenvalue weighted by Crippen LogP contribution is 2.29. The van der Waals surface area contributed by atoms with Gasteiger partial charge in [0.1, 0.15) is 0 Å². The van der Waals surface area contributed by atoms with Crippen molar-refractivity contribution in [2.45, 2.75) is 18.6 Å². The molecule has 5 heteroatoms. The summed E-state index contributed by atoms with van der Waals surface area (Å²) in [7, 11) is 0. The van der Waals surface area contributed by atoms with Gasteiger partial charge in [-0.2, -0.15) is 11.8 Å². The maximum Gasteiger partial charge on any atom is 0.259 e. The van der Waals surface area contributed by atoms with Crippen molar-refractivity contribution in [3.63, 3.8) is 0 Å². The summed E-state index contributed by atoms with van der Waals surface area (Å²) in [6.45, 7) is 5.91. The van der Waals surface area contributed by atoms with Crippen molar-refractivity contribution in [2.24, 2.45) is 0 Å². The number of nitro groups is 1. The summed E-state index contributed by atoms with van der Waals surface area (Å²) in [5.74, 6) is 1.00. The first kappa shape index (κ1) is 9.80. The molecule has 0 aromatic heterocycles. The molecule has 1 aliphatic rings. The van der Waals surface area contributed by atoms with E-state index in [-0.39, 0.29) is 16.3 Å². The van der Waals surface area contributed by atoms with Gasteiger partial charge < -0.3 is 0 Å². The summed E-state index contributed by atoms with van der Waals surface area (Å²) in [5.41, 5.74) is 0. The van der Waals surface area contributed by atoms with Crippen molar-refractivity contribution in [1.29, 1.82) is 0 Å². The van der Waals surface area contributed by atoms with E-state index >= 15 is 0 Å². The molecule has 0 radical (unpaired) electrons. The Hall–Kier alpha value is -0.290. The number of thioether (sulfide) groups is 1. The van der Waals surface area contributed by atoms with Gasteiger partial charge in [-0.15, -0.1) is 0 Å². The molecule has 1 heterocycles. The molecule has 0 amide bonds. The molecule has 70 valence electrons. The quantitative estimate of drug-likeness (QED) is 0.482. The van der Waals surface area contributed by atoms with Crippen LogP contribution in [0.4, 0.5) is 0 Å². The molecule has 1 fully saturated rings. The zero-order valence-electron chi connectivity index (χ0n) is 7.45. The van der Waals surface area contributed by atoms with Gasteiger partial charge in [-0.05, 0) is 13.8 Å². The first-order chi connectivity index (χ1) is 5.49. The third-order valence-electron chi connectivity index (χ3n) is 1.82. The summed E-state index contributed by atoms with van der Waals surface area (Å²) in [4.78, 5) is 11.9. The highest BCUT2D eigenvalue weighted by atomic mass is 32.2. The van der Waals surface area contributed by atoms with Crippen LogP contribution < -0.4 is 0 Å². The van der Waals surface area contributed by atoms with Gasteiger partial charge in [-0.1, -0.05) is 0 Å². The fraction of sp³-hybridized carbons (Fsp3) is 1.00. The van der Waals surface area contributed by atoms with Gasteiger partial charge in [0.05, 0.1) is 0 Å². The summed E-state index contributed by atoms with van der Waals surface area (Å²) in [6, 6.07) is 0. The smallest absolute Gasteiger partial charge is 0.259 e. The molecule has 1 rings (SSSR count). The lowest BCUT2D eigenvalue weighted by Gasteiger charge is -2.35. The largest absolute Gasteiger partial charge is 0.263 e. The lowest BCUT2D eigenvalue weighted by molar-refractivity contribution is -0.504. The molecule has 1 aliphatic heterocycles. The van der Waals surface area contributed by atoms with Crippen LogP contribution >= 0.6 is 11.8 Å². The maximum atomic E-state index is 10.2. The van der Waals surface area contributed by atoms with Crippen molar-refractivity contribution in [3.8, 4) is 0 Å². The van der Waals surface area contributed by atoms with Crippen LogP contribution in [0, 0.1) is 10.1 Å². The van der Waals surface area contributed by atoms with Crippen LogP contribution in [0.1, 0.15) is 13.8 Å². The van der Waals surface area contributed by atoms with E-state index in [0.29, 0.717) is 0 Å². The normalized spacial score (nSPS) is 23.8. The second kappa shape index (κ2) is 3.62. The summed E-state index contributed by atoms with van der Waals surface area (Å²) in [5, 5.41) is 10.2. The molecule has 4 nitrogen and oxygen atoms in total. The highest BCUT2D eigenvalue weighted by molar-refractivity contribution is 8.00. The molecular formula is C7H14N2O2S. The molecule has 12 heavy (non-hydrogen) atoms. The Morgan fingerprint density at radius 3 is 2.83 bits per heavy atom. The van der Waals surface area contributed by atoms with Crippen LogP contribution in [-0.4, -0.2) is 40.1 Å². The number of hydrogen-bond donors (Lipinski definition) is 0. The summed E-state index contributed by atoms with van der Waals surface area (Å²) in [6.07, 6.45) is 0. The molecule has 0 bridgehead atoms. The van der Waals surface area contributed by atoms with E-state index in [1.807, 2.05) is 16.7 Å². The standard InChI is InChI=1S/C7H14N2O2S/c1-7(2)5-8(3-4-12-7)6-9(10)11/h3-6H2,1-2H3. The van der Waals surface area contributed by atoms with Crippen LogP contribution in [0.2, 0.25) is 0 Å². The van der Waals surface area contributed by atoms with E-state index in [1.165, 1.54) is 0 Å². The van der Waals surface area contributed by atoms with E-state index in [1.54, 1.807) is 0 Å². The number of hydrogen-bond acceptors (Lipinski definition) is 4. The lowest BCUT2D eigenvalue weighted by Crippen LogP contribution is -2.45. The SMILES string of the molecule is CC1(C)CN(C[N+](=O)[O-])CCS1. The van der Waals surface area contributed by atoms with Gasteiger partial charge in [0.2, 0.25) is 0 Å². The maximum absolute atomic E-state index is 10.2. The van der Waals surface area contributed by atoms with Crippen LogP contribution in [0.15, 0.2) is 0 Å². The molecule has 0 spiro atoms. The molecule has 0 unspecified atom stereocenters. The van der Waals surface area contributed by atoms with Crippen molar-refractivity contribution >= 4 is 11.8 Å². The Kier molecular flexibility index (Phi) is 2.95. The second-order valence-electron chi connectivity index (χ2n) is 3.63. The zero-order chi connectivity index (χ0) is 9.19. The fourth-order valence-corrected chi connectivity index (χ4v) is 2.57. The molecule has 1 saturated heterocycles. The van der Waals surface area contributed by atoms with Gasteiger partial charge in [0.25, 0.3) is 6.67 Å². The van der Waals surface area contributed by atoms with Crippen LogP contribution in [0.3, 0.4) is 0 Å². The van der Waals surface area contributed by atoms with E-state index in [9.17, 15) is 10.1 Å². The minimum atomic E-state index is -0.258. The Morgan fingerprint density at radius 1 is 1.67 bits per heavy atom. The summed E-state index contributed by atoms with van der Waals surface area (Å²) < 4.78 is 0.175. The Labute approximate surface area is 76.5 Å². The van der Waals surface area contributed by atoms with Crippen LogP contribution in [0.5, 0.6) is 0 Å². The molecule has 0 saturated carbocycles. The van der Waals surface area contributed by atoms with Gasteiger partial charge in [-0.3, -0.25) is 10.1 Å². The molecule has 0 aromatic carbocycles. The van der Waals surface area contributed by atoms with Crippen molar-refractivity contribution < 1.29 is 4.92 Å². The van der Waals surface area contributed by atoms with E-state index < -0.39 is 0 Å². The average molecular weight is 190 g/mol. The van der Waals surface area contributed by atoms with Crippen molar-refractivity contribution in [1.82, 2.24) is 4.90 Å². The van der Waals surface area contributed by atoms with Crippen molar-refractivity contribution in [2.75, 3.05) is 25.5 Å². The third kappa shape index (κ3) is 2.98. The Balaban J connectivity index is 2.41. The highest BCUT2D eigenvalue weighted by Gasteiger charge is 2.28. The predicted molar refractivity (Wildman–Crippen MR) is 50.0 cm³/mol. The van der Waals surface area contributed by atoms with E-state index in [4.69, 9.17) is 0 Å². The summed E-state index contributed by atoms with van der Waals surface area (Å²) >= 11 is 1.89. The average Bonchev–Trinajstić information content (AvgIpc) is 1.82. The van der Waals surface area contributed by atoms with Crippen LogP contribution in [0.25, 0.3) is 0 Å². The van der Waals surface area contributed by atoms with E-state index in [0.717, 1.165) is 18.8 Å². The zero-order valence-corrected chi connectivity index (χ0v) is 8.26.